The summed E-state index contributed by atoms with van der Waals surface area (Å²) < 4.78 is 10.9. The van der Waals surface area contributed by atoms with E-state index in [0.29, 0.717) is 19.0 Å². The zero-order valence-corrected chi connectivity index (χ0v) is 13.4. The summed E-state index contributed by atoms with van der Waals surface area (Å²) in [7, 11) is 0. The van der Waals surface area contributed by atoms with Crippen molar-refractivity contribution < 1.29 is 31.9 Å². The van der Waals surface area contributed by atoms with Crippen molar-refractivity contribution in [3.63, 3.8) is 0 Å². The van der Waals surface area contributed by atoms with Gasteiger partial charge in [-0.15, -0.1) is 12.2 Å². The molecule has 1 aliphatic rings. The Morgan fingerprint density at radius 1 is 1.18 bits per heavy atom. The number of nitrogens with zero attached hydrogens (tertiary/aromatic N) is 1. The second-order valence-corrected chi connectivity index (χ2v) is 4.50. The van der Waals surface area contributed by atoms with Crippen molar-refractivity contribution in [3.8, 4) is 0 Å². The van der Waals surface area contributed by atoms with Gasteiger partial charge in [0, 0.05) is 33.9 Å². The van der Waals surface area contributed by atoms with Gasteiger partial charge in [0.2, 0.25) is 0 Å². The van der Waals surface area contributed by atoms with Crippen LogP contribution in [-0.2, 0) is 31.9 Å². The maximum absolute atomic E-state index is 5.47. The summed E-state index contributed by atoms with van der Waals surface area (Å²) in [6.07, 6.45) is 4.98. The van der Waals surface area contributed by atoms with Gasteiger partial charge in [-0.1, -0.05) is 5.71 Å². The molecule has 0 atom stereocenters. The Labute approximate surface area is 119 Å². The largest absolute Gasteiger partial charge is 0.559 e. The standard InChI is InChI=1S/C13H20NO2.Nb/c1-6-15-11-8-10(14-13(3,4)5)9-12(11)16-7-2;/h8H,6-7H2,1-5H3;/q-1;. The molecule has 3 nitrogen and oxygen atoms in total. The number of aliphatic imine (C=N–C) groups is 1. The molecule has 0 aliphatic heterocycles. The number of hydrogen-bond acceptors (Lipinski definition) is 3. The third-order valence-corrected chi connectivity index (χ3v) is 1.78. The van der Waals surface area contributed by atoms with E-state index in [4.69, 9.17) is 9.47 Å². The summed E-state index contributed by atoms with van der Waals surface area (Å²) in [6, 6.07) is 0. The maximum Gasteiger partial charge on any atom is 0.0823 e. The third kappa shape index (κ3) is 5.57. The molecule has 1 rings (SSSR count). The molecule has 0 unspecified atom stereocenters. The molecule has 0 spiro atoms. The van der Waals surface area contributed by atoms with Gasteiger partial charge in [-0.05, 0) is 34.6 Å². The van der Waals surface area contributed by atoms with E-state index >= 15 is 0 Å². The second kappa shape index (κ2) is 7.04. The van der Waals surface area contributed by atoms with Gasteiger partial charge in [-0.3, -0.25) is 0 Å². The summed E-state index contributed by atoms with van der Waals surface area (Å²) >= 11 is 0. The Kier molecular flexibility index (Phi) is 6.83. The van der Waals surface area contributed by atoms with Crippen LogP contribution in [-0.4, -0.2) is 24.5 Å². The smallest absolute Gasteiger partial charge is 0.0823 e. The number of rotatable bonds is 4. The van der Waals surface area contributed by atoms with E-state index in [1.807, 2.05) is 19.9 Å². The van der Waals surface area contributed by atoms with Crippen LogP contribution in [0.25, 0.3) is 0 Å². The number of hydrogen-bond donors (Lipinski definition) is 0. The van der Waals surface area contributed by atoms with Crippen LogP contribution in [0, 0.1) is 6.08 Å². The number of ether oxygens (including phenoxy) is 2. The monoisotopic (exact) mass is 315 g/mol. The average molecular weight is 315 g/mol. The van der Waals surface area contributed by atoms with Gasteiger partial charge >= 0.3 is 0 Å². The summed E-state index contributed by atoms with van der Waals surface area (Å²) in [5.41, 5.74) is 0.678. The van der Waals surface area contributed by atoms with Gasteiger partial charge in [-0.25, -0.2) is 0 Å². The predicted molar refractivity (Wildman–Crippen MR) is 65.3 cm³/mol. The number of allylic oxidation sites excluding steroid dienone is 2. The Morgan fingerprint density at radius 2 is 1.76 bits per heavy atom. The normalized spacial score (nSPS) is 17.4. The van der Waals surface area contributed by atoms with Crippen molar-refractivity contribution in [2.24, 2.45) is 4.99 Å². The third-order valence-electron chi connectivity index (χ3n) is 1.78. The average Bonchev–Trinajstić information content (AvgIpc) is 2.46. The maximum atomic E-state index is 5.47. The zero-order chi connectivity index (χ0) is 12.2. The van der Waals surface area contributed by atoms with Gasteiger partial charge in [0.1, 0.15) is 0 Å². The van der Waals surface area contributed by atoms with Crippen molar-refractivity contribution in [2.45, 2.75) is 40.2 Å². The molecule has 0 bridgehead atoms. The Balaban J connectivity index is 0.00000256. The fourth-order valence-corrected chi connectivity index (χ4v) is 1.34. The van der Waals surface area contributed by atoms with Gasteiger partial charge in [-0.2, -0.15) is 0 Å². The van der Waals surface area contributed by atoms with E-state index in [2.05, 4.69) is 31.8 Å². The van der Waals surface area contributed by atoms with E-state index in [0.717, 1.165) is 11.5 Å². The molecule has 4 heteroatoms. The second-order valence-electron chi connectivity index (χ2n) is 4.50. The van der Waals surface area contributed by atoms with E-state index in [9.17, 15) is 0 Å². The summed E-state index contributed by atoms with van der Waals surface area (Å²) in [5.74, 6) is 1.39. The van der Waals surface area contributed by atoms with E-state index in [1.165, 1.54) is 0 Å². The van der Waals surface area contributed by atoms with E-state index in [1.54, 1.807) is 0 Å². The van der Waals surface area contributed by atoms with E-state index < -0.39 is 0 Å². The molecule has 0 aromatic heterocycles. The molecule has 0 N–H and O–H groups in total. The topological polar surface area (TPSA) is 30.8 Å². The van der Waals surface area contributed by atoms with Crippen molar-refractivity contribution in [1.82, 2.24) is 0 Å². The Bertz CT molecular complexity index is 314. The molecule has 0 saturated carbocycles. The minimum atomic E-state index is -0.113. The first-order valence-electron chi connectivity index (χ1n) is 5.67. The van der Waals surface area contributed by atoms with Crippen molar-refractivity contribution in [3.05, 3.63) is 23.7 Å². The molecule has 0 fully saturated rings. The SMILES string of the molecule is CCOC1=[C-]C(=NC(C)(C)C)C=C1OCC.[Nb]. The van der Waals surface area contributed by atoms with Gasteiger partial charge in [0.05, 0.1) is 18.8 Å². The van der Waals surface area contributed by atoms with Gasteiger partial charge in [0.15, 0.2) is 0 Å². The van der Waals surface area contributed by atoms with Crippen molar-refractivity contribution >= 4 is 5.71 Å². The first-order valence-corrected chi connectivity index (χ1v) is 5.67. The fraction of sp³-hybridized carbons (Fsp3) is 0.615. The quantitative estimate of drug-likeness (QED) is 0.590. The first-order chi connectivity index (χ1) is 7.46. The predicted octanol–water partition coefficient (Wildman–Crippen LogP) is 2.88. The molecular formula is C13H20NNbO2-. The van der Waals surface area contributed by atoms with Crippen molar-refractivity contribution in [1.29, 1.82) is 0 Å². The van der Waals surface area contributed by atoms with E-state index in [-0.39, 0.29) is 27.9 Å². The Hall–Kier alpha value is -0.510. The van der Waals surface area contributed by atoms with Crippen LogP contribution in [0.15, 0.2) is 22.6 Å². The molecule has 0 amide bonds. The van der Waals surface area contributed by atoms with Crippen LogP contribution in [0.4, 0.5) is 0 Å². The minimum absolute atomic E-state index is 0. The van der Waals surface area contributed by atoms with Crippen LogP contribution in [0.5, 0.6) is 0 Å². The molecule has 0 saturated heterocycles. The summed E-state index contributed by atoms with van der Waals surface area (Å²) in [4.78, 5) is 4.52. The fourth-order valence-electron chi connectivity index (χ4n) is 1.34. The van der Waals surface area contributed by atoms with Crippen molar-refractivity contribution in [2.75, 3.05) is 13.2 Å². The van der Waals surface area contributed by atoms with Crippen LogP contribution < -0.4 is 0 Å². The molecule has 17 heavy (non-hydrogen) atoms. The van der Waals surface area contributed by atoms with Gasteiger partial charge < -0.3 is 14.5 Å². The van der Waals surface area contributed by atoms with Crippen LogP contribution in [0.1, 0.15) is 34.6 Å². The first kappa shape index (κ1) is 16.5. The molecule has 0 aromatic carbocycles. The molecule has 1 aliphatic carbocycles. The molecule has 0 aromatic rings. The summed E-state index contributed by atoms with van der Waals surface area (Å²) in [5, 5.41) is 0. The van der Waals surface area contributed by atoms with Crippen LogP contribution >= 0.6 is 0 Å². The Morgan fingerprint density at radius 3 is 2.24 bits per heavy atom. The van der Waals surface area contributed by atoms with Gasteiger partial charge in [0.25, 0.3) is 0 Å². The summed E-state index contributed by atoms with van der Waals surface area (Å²) in [6.45, 7) is 11.3. The zero-order valence-electron chi connectivity index (χ0n) is 11.2. The molecule has 1 radical (unpaired) electrons. The molecular weight excluding hydrogens is 295 g/mol. The minimum Gasteiger partial charge on any atom is -0.559 e. The molecule has 95 valence electrons. The van der Waals surface area contributed by atoms with Crippen LogP contribution in [0.2, 0.25) is 0 Å². The van der Waals surface area contributed by atoms with Crippen LogP contribution in [0.3, 0.4) is 0 Å². The molecule has 0 heterocycles.